The zero-order valence-corrected chi connectivity index (χ0v) is 19.9. The molecule has 0 amide bonds. The number of nitrogens with zero attached hydrogens (tertiary/aromatic N) is 4. The minimum absolute atomic E-state index is 0. The van der Waals surface area contributed by atoms with Crippen LogP contribution in [-0.4, -0.2) is 59.3 Å². The maximum Gasteiger partial charge on any atom is 0.193 e. The maximum absolute atomic E-state index is 6.04. The highest BCUT2D eigenvalue weighted by Crippen LogP contribution is 2.27. The molecule has 7 heteroatoms. The molecular formula is C21H38IN5O. The Morgan fingerprint density at radius 1 is 1.25 bits per heavy atom. The predicted molar refractivity (Wildman–Crippen MR) is 125 cm³/mol. The summed E-state index contributed by atoms with van der Waals surface area (Å²) >= 11 is 0. The van der Waals surface area contributed by atoms with Crippen LogP contribution in [0.4, 0.5) is 0 Å². The number of guanidine groups is 1. The Balaban J connectivity index is 0.00000280. The zero-order valence-electron chi connectivity index (χ0n) is 17.6. The van der Waals surface area contributed by atoms with Gasteiger partial charge in [0.25, 0.3) is 0 Å². The third-order valence-corrected chi connectivity index (χ3v) is 5.93. The number of halogens is 1. The average molecular weight is 503 g/mol. The van der Waals surface area contributed by atoms with Crippen molar-refractivity contribution in [3.8, 4) is 0 Å². The first-order valence-corrected chi connectivity index (χ1v) is 10.9. The summed E-state index contributed by atoms with van der Waals surface area (Å²) in [4.78, 5) is 11.5. The van der Waals surface area contributed by atoms with Gasteiger partial charge in [-0.05, 0) is 38.5 Å². The van der Waals surface area contributed by atoms with Crippen LogP contribution in [0.3, 0.4) is 0 Å². The standard InChI is InChI=1S/C21H37N5O.HI/c1-3-23-21(24-11-7-15-27-19-8-5-4-6-9-19)25-13-10-18(2)20(16-25)26-14-12-22-17-26;/h12,14,17-20H,3-11,13,15-16H2,1-2H3,(H,23,24);1H. The van der Waals surface area contributed by atoms with E-state index in [0.29, 0.717) is 18.1 Å². The molecule has 0 aromatic carbocycles. The van der Waals surface area contributed by atoms with E-state index in [9.17, 15) is 0 Å². The first-order valence-electron chi connectivity index (χ1n) is 10.9. The molecule has 2 unspecified atom stereocenters. The van der Waals surface area contributed by atoms with E-state index in [4.69, 9.17) is 9.73 Å². The minimum Gasteiger partial charge on any atom is -0.378 e. The third kappa shape index (κ3) is 6.90. The summed E-state index contributed by atoms with van der Waals surface area (Å²) < 4.78 is 8.29. The molecule has 1 aliphatic carbocycles. The maximum atomic E-state index is 6.04. The fraction of sp³-hybridized carbons (Fsp3) is 0.810. The number of piperidine rings is 1. The van der Waals surface area contributed by atoms with E-state index < -0.39 is 0 Å². The number of likely N-dealkylation sites (tertiary alicyclic amines) is 1. The van der Waals surface area contributed by atoms with Crippen LogP contribution in [0.1, 0.15) is 64.8 Å². The summed E-state index contributed by atoms with van der Waals surface area (Å²) in [6.07, 6.45) is 15.1. The van der Waals surface area contributed by atoms with Gasteiger partial charge < -0.3 is 19.5 Å². The normalized spacial score (nSPS) is 24.1. The molecule has 1 saturated carbocycles. The average Bonchev–Trinajstić information content (AvgIpc) is 3.23. The molecule has 1 aromatic heterocycles. The van der Waals surface area contributed by atoms with Crippen molar-refractivity contribution >= 4 is 29.9 Å². The lowest BCUT2D eigenvalue weighted by molar-refractivity contribution is 0.0281. The molecule has 6 nitrogen and oxygen atoms in total. The van der Waals surface area contributed by atoms with Crippen LogP contribution in [0, 0.1) is 5.92 Å². The topological polar surface area (TPSA) is 54.7 Å². The summed E-state index contributed by atoms with van der Waals surface area (Å²) in [6.45, 7) is 9.10. The van der Waals surface area contributed by atoms with Gasteiger partial charge in [0.05, 0.1) is 18.5 Å². The van der Waals surface area contributed by atoms with Crippen molar-refractivity contribution in [3.63, 3.8) is 0 Å². The van der Waals surface area contributed by atoms with Crippen molar-refractivity contribution in [1.29, 1.82) is 0 Å². The summed E-state index contributed by atoms with van der Waals surface area (Å²) in [5.41, 5.74) is 0. The lowest BCUT2D eigenvalue weighted by atomic mass is 9.93. The van der Waals surface area contributed by atoms with Gasteiger partial charge in [-0.25, -0.2) is 4.98 Å². The fourth-order valence-corrected chi connectivity index (χ4v) is 4.25. The predicted octanol–water partition coefficient (Wildman–Crippen LogP) is 4.09. The van der Waals surface area contributed by atoms with Crippen LogP contribution in [-0.2, 0) is 4.74 Å². The number of ether oxygens (including phenoxy) is 1. The van der Waals surface area contributed by atoms with Gasteiger partial charge in [0.15, 0.2) is 5.96 Å². The van der Waals surface area contributed by atoms with Gasteiger partial charge in [0, 0.05) is 45.2 Å². The molecule has 3 rings (SSSR count). The van der Waals surface area contributed by atoms with Crippen LogP contribution in [0.2, 0.25) is 0 Å². The van der Waals surface area contributed by atoms with Gasteiger partial charge in [-0.1, -0.05) is 26.2 Å². The van der Waals surface area contributed by atoms with E-state index in [1.165, 1.54) is 38.5 Å². The largest absolute Gasteiger partial charge is 0.378 e. The number of nitrogens with one attached hydrogen (secondary N) is 1. The first kappa shape index (κ1) is 23.4. The van der Waals surface area contributed by atoms with E-state index in [1.807, 2.05) is 12.5 Å². The van der Waals surface area contributed by atoms with Crippen molar-refractivity contribution in [2.45, 2.75) is 70.9 Å². The molecule has 0 spiro atoms. The zero-order chi connectivity index (χ0) is 18.9. The van der Waals surface area contributed by atoms with Gasteiger partial charge in [0.2, 0.25) is 0 Å². The number of hydrogen-bond acceptors (Lipinski definition) is 3. The van der Waals surface area contributed by atoms with Gasteiger partial charge in [0.1, 0.15) is 0 Å². The second-order valence-corrected chi connectivity index (χ2v) is 8.01. The fourth-order valence-electron chi connectivity index (χ4n) is 4.25. The molecule has 28 heavy (non-hydrogen) atoms. The summed E-state index contributed by atoms with van der Waals surface area (Å²) in [7, 11) is 0. The number of hydrogen-bond donors (Lipinski definition) is 1. The van der Waals surface area contributed by atoms with Crippen LogP contribution in [0.25, 0.3) is 0 Å². The molecule has 2 atom stereocenters. The van der Waals surface area contributed by atoms with E-state index in [2.05, 4.69) is 39.8 Å². The van der Waals surface area contributed by atoms with E-state index >= 15 is 0 Å². The second kappa shape index (κ2) is 12.7. The number of rotatable bonds is 7. The van der Waals surface area contributed by atoms with Gasteiger partial charge in [-0.15, -0.1) is 24.0 Å². The van der Waals surface area contributed by atoms with E-state index in [1.54, 1.807) is 0 Å². The lowest BCUT2D eigenvalue weighted by Crippen LogP contribution is -2.49. The molecule has 0 radical (unpaired) electrons. The Kier molecular flexibility index (Phi) is 10.6. The molecule has 1 aromatic rings. The van der Waals surface area contributed by atoms with E-state index in [0.717, 1.165) is 45.2 Å². The monoisotopic (exact) mass is 503 g/mol. The molecule has 0 bridgehead atoms. The van der Waals surface area contributed by atoms with Crippen molar-refractivity contribution in [1.82, 2.24) is 19.8 Å². The molecular weight excluding hydrogens is 465 g/mol. The second-order valence-electron chi connectivity index (χ2n) is 8.01. The SMILES string of the molecule is CCNC(=NCCCOC1CCCCC1)N1CCC(C)C(n2ccnc2)C1.I. The van der Waals surface area contributed by atoms with Crippen LogP contribution in [0.5, 0.6) is 0 Å². The number of aromatic nitrogens is 2. The molecule has 1 aliphatic heterocycles. The molecule has 1 N–H and O–H groups in total. The van der Waals surface area contributed by atoms with Crippen molar-refractivity contribution in [2.24, 2.45) is 10.9 Å². The van der Waals surface area contributed by atoms with Crippen LogP contribution < -0.4 is 5.32 Å². The molecule has 2 fully saturated rings. The molecule has 2 heterocycles. The Bertz CT molecular complexity index is 559. The van der Waals surface area contributed by atoms with Gasteiger partial charge >= 0.3 is 0 Å². The van der Waals surface area contributed by atoms with Crippen molar-refractivity contribution < 1.29 is 4.74 Å². The lowest BCUT2D eigenvalue weighted by Gasteiger charge is -2.39. The molecule has 2 aliphatic rings. The Labute approximate surface area is 187 Å². The Hall–Kier alpha value is -0.830. The third-order valence-electron chi connectivity index (χ3n) is 5.93. The Morgan fingerprint density at radius 2 is 2.07 bits per heavy atom. The van der Waals surface area contributed by atoms with Crippen molar-refractivity contribution in [3.05, 3.63) is 18.7 Å². The van der Waals surface area contributed by atoms with Crippen LogP contribution in [0.15, 0.2) is 23.7 Å². The highest BCUT2D eigenvalue weighted by atomic mass is 127. The smallest absolute Gasteiger partial charge is 0.193 e. The van der Waals surface area contributed by atoms with E-state index in [-0.39, 0.29) is 24.0 Å². The summed E-state index contributed by atoms with van der Waals surface area (Å²) in [6, 6.07) is 0.458. The number of imidazole rings is 1. The van der Waals surface area contributed by atoms with Crippen LogP contribution >= 0.6 is 24.0 Å². The van der Waals surface area contributed by atoms with Gasteiger partial charge in [-0.3, -0.25) is 4.99 Å². The Morgan fingerprint density at radius 3 is 2.79 bits per heavy atom. The number of aliphatic imine (C=N–C) groups is 1. The quantitative estimate of drug-likeness (QED) is 0.264. The molecule has 160 valence electrons. The highest BCUT2D eigenvalue weighted by Gasteiger charge is 2.28. The van der Waals surface area contributed by atoms with Gasteiger partial charge in [-0.2, -0.15) is 0 Å². The van der Waals surface area contributed by atoms with Crippen molar-refractivity contribution in [2.75, 3.05) is 32.8 Å². The molecule has 1 saturated heterocycles. The summed E-state index contributed by atoms with van der Waals surface area (Å²) in [5, 5.41) is 3.48. The highest BCUT2D eigenvalue weighted by molar-refractivity contribution is 14.0. The summed E-state index contributed by atoms with van der Waals surface area (Å²) in [5.74, 6) is 1.70. The minimum atomic E-state index is 0. The first-order chi connectivity index (χ1) is 13.3.